The van der Waals surface area contributed by atoms with Gasteiger partial charge < -0.3 is 18.9 Å². The van der Waals surface area contributed by atoms with E-state index in [2.05, 4.69) is 0 Å². The van der Waals surface area contributed by atoms with Gasteiger partial charge in [0.1, 0.15) is 12.7 Å². The van der Waals surface area contributed by atoms with Crippen molar-refractivity contribution in [2.45, 2.75) is 6.10 Å². The van der Waals surface area contributed by atoms with Crippen molar-refractivity contribution in [2.24, 2.45) is 0 Å². The van der Waals surface area contributed by atoms with Gasteiger partial charge in [-0.2, -0.15) is 0 Å². The molecule has 1 unspecified atom stereocenters. The summed E-state index contributed by atoms with van der Waals surface area (Å²) < 4.78 is 42.8. The Labute approximate surface area is 138 Å². The zero-order valence-electron chi connectivity index (χ0n) is 10.9. The fourth-order valence-corrected chi connectivity index (χ4v) is 2.86. The van der Waals surface area contributed by atoms with Gasteiger partial charge in [0.15, 0.2) is 11.5 Å². The van der Waals surface area contributed by atoms with Gasteiger partial charge in [0, 0.05) is 23.8 Å². The standard InChI is InChI=1S/C10H15NO5S2.Na/c1-11(2-3-18(12,13)14)4-8-5-15-9-6-17-7-10(9)16-8;/h6-8H,2-5H2,1H3,(H,12,13,14);/q;+1/p-1. The monoisotopic (exact) mass is 315 g/mol. The van der Waals surface area contributed by atoms with Crippen LogP contribution in [0.15, 0.2) is 10.8 Å². The van der Waals surface area contributed by atoms with E-state index in [1.54, 1.807) is 11.9 Å². The SMILES string of the molecule is CN(CCS(=O)(=O)[O-])CC1COc2cscc2O1.[Na+]. The predicted molar refractivity (Wildman–Crippen MR) is 66.3 cm³/mol. The van der Waals surface area contributed by atoms with E-state index in [-0.39, 0.29) is 48.0 Å². The zero-order valence-corrected chi connectivity index (χ0v) is 14.5. The molecule has 1 aromatic heterocycles. The van der Waals surface area contributed by atoms with Gasteiger partial charge in [0.25, 0.3) is 0 Å². The topological polar surface area (TPSA) is 78.9 Å². The maximum atomic E-state index is 10.5. The Morgan fingerprint density at radius 3 is 2.84 bits per heavy atom. The summed E-state index contributed by atoms with van der Waals surface area (Å²) in [5, 5.41) is 3.74. The third-order valence-corrected chi connectivity index (χ3v) is 3.93. The van der Waals surface area contributed by atoms with E-state index in [0.717, 1.165) is 11.5 Å². The predicted octanol–water partition coefficient (Wildman–Crippen LogP) is -2.63. The Kier molecular flexibility index (Phi) is 6.58. The van der Waals surface area contributed by atoms with Crippen molar-refractivity contribution in [3.8, 4) is 11.5 Å². The van der Waals surface area contributed by atoms with Crippen LogP contribution in [0.3, 0.4) is 0 Å². The minimum absolute atomic E-state index is 0. The molecule has 0 amide bonds. The van der Waals surface area contributed by atoms with Crippen LogP contribution in [0, 0.1) is 0 Å². The Bertz CT molecular complexity index is 504. The van der Waals surface area contributed by atoms with E-state index in [1.807, 2.05) is 10.8 Å². The van der Waals surface area contributed by atoms with Crippen LogP contribution in [0.2, 0.25) is 0 Å². The summed E-state index contributed by atoms with van der Waals surface area (Å²) in [5.41, 5.74) is 0. The molecule has 2 rings (SSSR count). The average molecular weight is 315 g/mol. The van der Waals surface area contributed by atoms with Gasteiger partial charge >= 0.3 is 29.6 Å². The second kappa shape index (κ2) is 7.26. The quantitative estimate of drug-likeness (QED) is 0.437. The van der Waals surface area contributed by atoms with Crippen molar-refractivity contribution in [1.29, 1.82) is 0 Å². The normalized spacial score (nSPS) is 18.2. The van der Waals surface area contributed by atoms with Crippen molar-refractivity contribution in [1.82, 2.24) is 4.90 Å². The zero-order chi connectivity index (χ0) is 13.2. The fourth-order valence-electron chi connectivity index (χ4n) is 1.66. The number of fused-ring (bicyclic) bond motifs is 1. The van der Waals surface area contributed by atoms with Crippen LogP contribution in [0.1, 0.15) is 0 Å². The second-order valence-electron chi connectivity index (χ2n) is 4.18. The van der Waals surface area contributed by atoms with Crippen LogP contribution in [0.4, 0.5) is 0 Å². The summed E-state index contributed by atoms with van der Waals surface area (Å²) in [4.78, 5) is 1.75. The van der Waals surface area contributed by atoms with Gasteiger partial charge in [-0.25, -0.2) is 8.42 Å². The summed E-state index contributed by atoms with van der Waals surface area (Å²) >= 11 is 1.51. The molecule has 0 saturated carbocycles. The first kappa shape index (κ1) is 17.2. The van der Waals surface area contributed by atoms with Crippen molar-refractivity contribution in [3.63, 3.8) is 0 Å². The Hall–Kier alpha value is 0.170. The van der Waals surface area contributed by atoms with Gasteiger partial charge in [0.05, 0.1) is 15.9 Å². The molecule has 1 aliphatic heterocycles. The molecule has 6 nitrogen and oxygen atoms in total. The van der Waals surface area contributed by atoms with E-state index < -0.39 is 10.1 Å². The molecular formula is C10H14NNaO5S2. The number of nitrogens with zero attached hydrogens (tertiary/aromatic N) is 1. The van der Waals surface area contributed by atoms with Crippen LogP contribution < -0.4 is 39.0 Å². The number of hydrogen-bond donors (Lipinski definition) is 0. The maximum Gasteiger partial charge on any atom is 1.00 e. The van der Waals surface area contributed by atoms with Crippen LogP contribution in [-0.4, -0.2) is 56.5 Å². The smallest absolute Gasteiger partial charge is 0.748 e. The minimum Gasteiger partial charge on any atom is -0.748 e. The summed E-state index contributed by atoms with van der Waals surface area (Å²) in [6, 6.07) is 0. The number of ether oxygens (including phenoxy) is 2. The van der Waals surface area contributed by atoms with E-state index in [1.165, 1.54) is 11.3 Å². The molecule has 0 spiro atoms. The molecule has 0 radical (unpaired) electrons. The van der Waals surface area contributed by atoms with E-state index in [9.17, 15) is 13.0 Å². The van der Waals surface area contributed by atoms with E-state index in [4.69, 9.17) is 9.47 Å². The number of likely N-dealkylation sites (N-methyl/N-ethyl adjacent to an activating group) is 1. The van der Waals surface area contributed by atoms with Crippen LogP contribution >= 0.6 is 11.3 Å². The number of hydrogen-bond acceptors (Lipinski definition) is 7. The molecule has 0 fully saturated rings. The molecule has 0 saturated heterocycles. The van der Waals surface area contributed by atoms with Crippen LogP contribution in [-0.2, 0) is 10.1 Å². The Morgan fingerprint density at radius 1 is 1.47 bits per heavy atom. The first-order valence-electron chi connectivity index (χ1n) is 5.42. The minimum atomic E-state index is -4.16. The first-order valence-corrected chi connectivity index (χ1v) is 7.94. The second-order valence-corrected chi connectivity index (χ2v) is 6.44. The molecule has 102 valence electrons. The van der Waals surface area contributed by atoms with Gasteiger partial charge in [-0.1, -0.05) is 0 Å². The van der Waals surface area contributed by atoms with Crippen molar-refractivity contribution in [3.05, 3.63) is 10.8 Å². The van der Waals surface area contributed by atoms with Crippen molar-refractivity contribution >= 4 is 21.5 Å². The number of rotatable bonds is 5. The molecule has 1 atom stereocenters. The summed E-state index contributed by atoms with van der Waals surface area (Å²) in [6.07, 6.45) is -0.147. The third kappa shape index (κ3) is 5.58. The Balaban J connectivity index is 0.00000180. The molecule has 0 bridgehead atoms. The average Bonchev–Trinajstić information content (AvgIpc) is 2.72. The van der Waals surface area contributed by atoms with Crippen LogP contribution in [0.25, 0.3) is 0 Å². The first-order chi connectivity index (χ1) is 8.44. The van der Waals surface area contributed by atoms with Gasteiger partial charge in [-0.05, 0) is 7.05 Å². The van der Waals surface area contributed by atoms with E-state index >= 15 is 0 Å². The summed E-state index contributed by atoms with van der Waals surface area (Å²) in [6.45, 7) is 1.14. The molecule has 1 aromatic rings. The van der Waals surface area contributed by atoms with E-state index in [0.29, 0.717) is 13.2 Å². The largest absolute Gasteiger partial charge is 1.00 e. The van der Waals surface area contributed by atoms with Crippen molar-refractivity contribution < 1.29 is 52.0 Å². The summed E-state index contributed by atoms with van der Waals surface area (Å²) in [7, 11) is -2.41. The fraction of sp³-hybridized carbons (Fsp3) is 0.600. The maximum absolute atomic E-state index is 10.5. The number of thiophene rings is 1. The molecule has 0 aromatic carbocycles. The molecule has 0 aliphatic carbocycles. The van der Waals surface area contributed by atoms with Crippen molar-refractivity contribution in [2.75, 3.05) is 32.5 Å². The van der Waals surface area contributed by atoms with Crippen LogP contribution in [0.5, 0.6) is 11.5 Å². The molecule has 1 aliphatic rings. The molecular weight excluding hydrogens is 301 g/mol. The molecule has 9 heteroatoms. The summed E-state index contributed by atoms with van der Waals surface area (Å²) in [5.74, 6) is 1.09. The third-order valence-electron chi connectivity index (χ3n) is 2.55. The molecule has 0 N–H and O–H groups in total. The molecule has 2 heterocycles. The molecule has 19 heavy (non-hydrogen) atoms. The van der Waals surface area contributed by atoms with Gasteiger partial charge in [-0.3, -0.25) is 0 Å². The van der Waals surface area contributed by atoms with Gasteiger partial charge in [0.2, 0.25) is 0 Å². The Morgan fingerprint density at radius 2 is 2.16 bits per heavy atom. The van der Waals surface area contributed by atoms with Gasteiger partial charge in [-0.15, -0.1) is 11.3 Å².